The summed E-state index contributed by atoms with van der Waals surface area (Å²) in [5, 5.41) is 8.42. The van der Waals surface area contributed by atoms with Crippen LogP contribution in [0.25, 0.3) is 32.9 Å². The van der Waals surface area contributed by atoms with E-state index in [4.69, 9.17) is 19.7 Å². The molecule has 9 heterocycles. The van der Waals surface area contributed by atoms with Crippen LogP contribution in [0.3, 0.4) is 0 Å². The molecule has 2 bridgehead atoms. The molecule has 7 aliphatic heterocycles. The number of hydrogen-bond acceptors (Lipinski definition) is 14. The number of rotatable bonds is 8. The number of amides is 6. The lowest BCUT2D eigenvalue weighted by atomic mass is 10.0. The Bertz CT molecular complexity index is 2940. The number of hydrogen-bond donors (Lipinski definition) is 2. The minimum Gasteiger partial charge on any atom is -0.462 e. The van der Waals surface area contributed by atoms with Gasteiger partial charge in [0.05, 0.1) is 16.5 Å². The largest absolute Gasteiger partial charge is 0.462 e. The Kier molecular flexibility index (Phi) is 11.3. The summed E-state index contributed by atoms with van der Waals surface area (Å²) in [7, 11) is 2.11. The lowest BCUT2D eigenvalue weighted by Gasteiger charge is -2.42. The Morgan fingerprint density at radius 2 is 1.50 bits per heavy atom. The number of imide groups is 2. The standard InChI is InChI=1S/C51H55FN12O6/c1-58-28-34(60-17-21-62(22-18-60)51(69)61-19-15-59(16-20-61)33-11-12-38-39(24-33)49(68)64(48(38)67)41-13-14-42(65)55-47(41)66)23-35(58)29-70-50-56-45-40(46(57-50)63-26-31-9-10-32(27-63)54-31)25-53-44(43(45)52)37-8-4-6-30-5-2-3-7-36(30)37/h2-8,11-12,24-25,31-32,34-35,41,54H,9-10,13-23,26-29H2,1H3,(H,55,65,66)/t31?,32?,34-,35-,41?/m0/s1. The normalized spacial score (nSPS) is 25.4. The molecule has 12 rings (SSSR count). The van der Waals surface area contributed by atoms with E-state index in [2.05, 4.69) is 37.3 Å². The number of carbonyl (C=O) groups is 5. The molecule has 7 aliphatic rings. The van der Waals surface area contributed by atoms with E-state index in [1.165, 1.54) is 0 Å². The number of benzene rings is 3. The highest BCUT2D eigenvalue weighted by Gasteiger charge is 2.45. The fourth-order valence-electron chi connectivity index (χ4n) is 11.9. The van der Waals surface area contributed by atoms with E-state index >= 15 is 4.39 Å². The van der Waals surface area contributed by atoms with Gasteiger partial charge in [-0.1, -0.05) is 42.5 Å². The molecule has 0 aliphatic carbocycles. The predicted molar refractivity (Wildman–Crippen MR) is 258 cm³/mol. The van der Waals surface area contributed by atoms with Crippen molar-refractivity contribution in [1.29, 1.82) is 0 Å². The van der Waals surface area contributed by atoms with Gasteiger partial charge in [0.2, 0.25) is 11.8 Å². The van der Waals surface area contributed by atoms with E-state index in [0.717, 1.165) is 73.3 Å². The molecule has 0 radical (unpaired) electrons. The van der Waals surface area contributed by atoms with Crippen molar-refractivity contribution in [1.82, 2.24) is 50.1 Å². The highest BCUT2D eigenvalue weighted by atomic mass is 19.1. The molecule has 6 saturated heterocycles. The van der Waals surface area contributed by atoms with Gasteiger partial charge in [0, 0.05) is 120 Å². The van der Waals surface area contributed by atoms with Gasteiger partial charge >= 0.3 is 12.0 Å². The molecule has 2 N–H and O–H groups in total. The maximum Gasteiger partial charge on any atom is 0.320 e. The molecule has 5 aromatic rings. The van der Waals surface area contributed by atoms with Crippen LogP contribution >= 0.6 is 0 Å². The van der Waals surface area contributed by atoms with Gasteiger partial charge in [-0.2, -0.15) is 9.97 Å². The average Bonchev–Trinajstić information content (AvgIpc) is 4.02. The number of halogens is 1. The molecule has 6 fully saturated rings. The fraction of sp³-hybridized carbons (Fsp3) is 0.451. The number of anilines is 2. The zero-order chi connectivity index (χ0) is 47.8. The van der Waals surface area contributed by atoms with E-state index in [1.807, 2.05) is 52.3 Å². The summed E-state index contributed by atoms with van der Waals surface area (Å²) in [6.45, 7) is 7.60. The summed E-state index contributed by atoms with van der Waals surface area (Å²) in [6, 6.07) is 19.1. The van der Waals surface area contributed by atoms with Crippen LogP contribution < -0.4 is 25.2 Å². The number of pyridine rings is 1. The zero-order valence-corrected chi connectivity index (χ0v) is 39.1. The quantitative estimate of drug-likeness (QED) is 0.217. The van der Waals surface area contributed by atoms with Gasteiger partial charge in [-0.3, -0.25) is 44.2 Å². The van der Waals surface area contributed by atoms with Crippen molar-refractivity contribution in [2.45, 2.75) is 62.3 Å². The van der Waals surface area contributed by atoms with E-state index in [9.17, 15) is 24.0 Å². The minimum atomic E-state index is -1.02. The third kappa shape index (κ3) is 7.92. The molecular weight excluding hydrogens is 896 g/mol. The number of likely N-dealkylation sites (N-methyl/N-ethyl adjacent to an activating group) is 1. The summed E-state index contributed by atoms with van der Waals surface area (Å²) in [6.07, 6.45) is 4.94. The first-order valence-corrected chi connectivity index (χ1v) is 24.6. The Morgan fingerprint density at radius 3 is 2.27 bits per heavy atom. The summed E-state index contributed by atoms with van der Waals surface area (Å²) in [5.74, 6) is -1.97. The van der Waals surface area contributed by atoms with Crippen molar-refractivity contribution in [3.05, 3.63) is 83.8 Å². The van der Waals surface area contributed by atoms with Gasteiger partial charge < -0.3 is 29.7 Å². The molecule has 0 saturated carbocycles. The number of ether oxygens (including phenoxy) is 1. The van der Waals surface area contributed by atoms with Crippen LogP contribution in [0.2, 0.25) is 0 Å². The number of piperazine rings is 3. The SMILES string of the molecule is CN1C[C@@H](N2CCN(C(=O)N3CCN(c4ccc5c(c4)C(=O)N(C4CCC(=O)NC4=O)C5=O)CC3)CC2)C[C@H]1COc1nc(N2CC3CCC(C2)N3)c2cnc(-c3cccc4ccccc34)c(F)c2n1. The molecule has 70 heavy (non-hydrogen) atoms. The van der Waals surface area contributed by atoms with Gasteiger partial charge in [-0.15, -0.1) is 0 Å². The van der Waals surface area contributed by atoms with Crippen molar-refractivity contribution >= 4 is 62.8 Å². The number of nitrogens with one attached hydrogen (secondary N) is 2. The van der Waals surface area contributed by atoms with Gasteiger partial charge in [0.1, 0.15) is 29.7 Å². The first kappa shape index (κ1) is 44.4. The molecule has 5 atom stereocenters. The highest BCUT2D eigenvalue weighted by molar-refractivity contribution is 6.23. The summed E-state index contributed by atoms with van der Waals surface area (Å²) >= 11 is 0. The number of aromatic nitrogens is 3. The third-order valence-electron chi connectivity index (χ3n) is 15.7. The highest BCUT2D eigenvalue weighted by Crippen LogP contribution is 2.37. The fourth-order valence-corrected chi connectivity index (χ4v) is 11.9. The number of urea groups is 1. The number of fused-ring (bicyclic) bond motifs is 5. The minimum absolute atomic E-state index is 0.0170. The lowest BCUT2D eigenvalue weighted by molar-refractivity contribution is -0.136. The summed E-state index contributed by atoms with van der Waals surface area (Å²) in [5.41, 5.74) is 2.41. The van der Waals surface area contributed by atoms with Crippen molar-refractivity contribution < 1.29 is 33.1 Å². The van der Waals surface area contributed by atoms with Crippen molar-refractivity contribution in [2.75, 3.05) is 95.4 Å². The second-order valence-electron chi connectivity index (χ2n) is 19.8. The van der Waals surface area contributed by atoms with E-state index < -0.39 is 35.5 Å². The molecule has 3 unspecified atom stereocenters. The van der Waals surface area contributed by atoms with Crippen LogP contribution in [0.5, 0.6) is 6.01 Å². The predicted octanol–water partition coefficient (Wildman–Crippen LogP) is 3.34. The molecule has 19 heteroatoms. The average molecular weight is 951 g/mol. The van der Waals surface area contributed by atoms with Crippen LogP contribution in [0.4, 0.5) is 20.7 Å². The second-order valence-corrected chi connectivity index (χ2v) is 19.8. The van der Waals surface area contributed by atoms with Crippen molar-refractivity contribution in [3.63, 3.8) is 0 Å². The van der Waals surface area contributed by atoms with Gasteiger partial charge in [0.15, 0.2) is 5.82 Å². The Morgan fingerprint density at radius 1 is 0.771 bits per heavy atom. The Labute approximate surface area is 403 Å². The summed E-state index contributed by atoms with van der Waals surface area (Å²) < 4.78 is 23.4. The Hall–Kier alpha value is -6.83. The maximum absolute atomic E-state index is 16.9. The summed E-state index contributed by atoms with van der Waals surface area (Å²) in [4.78, 5) is 93.0. The van der Waals surface area contributed by atoms with Crippen molar-refractivity contribution in [2.24, 2.45) is 0 Å². The maximum atomic E-state index is 16.9. The van der Waals surface area contributed by atoms with Crippen LogP contribution in [0.1, 0.15) is 52.8 Å². The molecular formula is C51H55FN12O6. The molecule has 362 valence electrons. The molecule has 2 aromatic heterocycles. The van der Waals surface area contributed by atoms with Crippen LogP contribution in [0.15, 0.2) is 66.9 Å². The van der Waals surface area contributed by atoms with Crippen molar-refractivity contribution in [3.8, 4) is 17.3 Å². The second kappa shape index (κ2) is 17.8. The first-order chi connectivity index (χ1) is 34.0. The molecule has 18 nitrogen and oxygen atoms in total. The smallest absolute Gasteiger partial charge is 0.320 e. The van der Waals surface area contributed by atoms with E-state index in [0.29, 0.717) is 74.7 Å². The van der Waals surface area contributed by atoms with Crippen LogP contribution in [-0.4, -0.2) is 185 Å². The third-order valence-corrected chi connectivity index (χ3v) is 15.7. The topological polar surface area (TPSA) is 180 Å². The number of likely N-dealkylation sites (tertiary alicyclic amines) is 1. The number of piperidine rings is 1. The van der Waals surface area contributed by atoms with E-state index in [-0.39, 0.29) is 59.3 Å². The first-order valence-electron chi connectivity index (χ1n) is 24.6. The van der Waals surface area contributed by atoms with Gasteiger partial charge in [0.25, 0.3) is 11.8 Å². The zero-order valence-electron chi connectivity index (χ0n) is 39.1. The van der Waals surface area contributed by atoms with Crippen LogP contribution in [-0.2, 0) is 9.59 Å². The van der Waals surface area contributed by atoms with Crippen LogP contribution in [0, 0.1) is 5.82 Å². The number of carbonyl (C=O) groups excluding carboxylic acids is 5. The monoisotopic (exact) mass is 950 g/mol. The Balaban J connectivity index is 0.667. The van der Waals surface area contributed by atoms with Gasteiger partial charge in [-0.25, -0.2) is 9.18 Å². The molecule has 0 spiro atoms. The molecule has 6 amide bonds. The van der Waals surface area contributed by atoms with E-state index in [1.54, 1.807) is 24.4 Å². The lowest BCUT2D eigenvalue weighted by Crippen LogP contribution is -2.58. The molecule has 3 aromatic carbocycles. The number of nitrogens with zero attached hydrogens (tertiary/aromatic N) is 10. The van der Waals surface area contributed by atoms with Gasteiger partial charge in [-0.05, 0) is 61.7 Å².